The van der Waals surface area contributed by atoms with E-state index in [4.69, 9.17) is 9.26 Å². The summed E-state index contributed by atoms with van der Waals surface area (Å²) < 4.78 is 10.9. The Morgan fingerprint density at radius 2 is 1.88 bits per heavy atom. The van der Waals surface area contributed by atoms with Gasteiger partial charge in [-0.1, -0.05) is 22.9 Å². The van der Waals surface area contributed by atoms with Crippen LogP contribution >= 0.6 is 11.8 Å². The lowest BCUT2D eigenvalue weighted by Crippen LogP contribution is -2.13. The van der Waals surface area contributed by atoms with E-state index in [1.807, 2.05) is 45.0 Å². The third-order valence-corrected chi connectivity index (χ3v) is 5.82. The number of aromatic nitrogens is 3. The van der Waals surface area contributed by atoms with E-state index in [-0.39, 0.29) is 5.91 Å². The fourth-order valence-corrected chi connectivity index (χ4v) is 4.11. The van der Waals surface area contributed by atoms with Crippen molar-refractivity contribution in [2.24, 2.45) is 0 Å². The number of thioether (sulfide) groups is 1. The summed E-state index contributed by atoms with van der Waals surface area (Å²) in [4.78, 5) is 21.5. The zero-order valence-electron chi connectivity index (χ0n) is 18.0. The molecule has 0 unspecified atom stereocenters. The van der Waals surface area contributed by atoms with E-state index in [1.165, 1.54) is 11.8 Å². The maximum Gasteiger partial charge on any atom is 0.258 e. The van der Waals surface area contributed by atoms with E-state index in [9.17, 15) is 4.79 Å². The number of aryl methyl sites for hydroxylation is 3. The van der Waals surface area contributed by atoms with Crippen LogP contribution in [-0.4, -0.2) is 21.0 Å². The van der Waals surface area contributed by atoms with E-state index in [0.29, 0.717) is 33.7 Å². The molecule has 7 nitrogen and oxygen atoms in total. The van der Waals surface area contributed by atoms with Gasteiger partial charge in [0.05, 0.1) is 23.1 Å². The Labute approximate surface area is 190 Å². The lowest BCUT2D eigenvalue weighted by molar-refractivity contribution is 0.102. The summed E-state index contributed by atoms with van der Waals surface area (Å²) in [5, 5.41) is 7.48. The van der Waals surface area contributed by atoms with Crippen LogP contribution in [0.15, 0.2) is 70.5 Å². The summed E-state index contributed by atoms with van der Waals surface area (Å²) in [5.74, 6) is 2.29. The van der Waals surface area contributed by atoms with Crippen LogP contribution in [0, 0.1) is 20.8 Å². The third kappa shape index (κ3) is 5.15. The van der Waals surface area contributed by atoms with Gasteiger partial charge in [-0.2, -0.15) is 0 Å². The molecule has 4 aromatic rings. The number of nitrogens with zero attached hydrogens (tertiary/aromatic N) is 3. The predicted octanol–water partition coefficient (Wildman–Crippen LogP) is 5.73. The lowest BCUT2D eigenvalue weighted by Gasteiger charge is -2.10. The molecule has 8 heteroatoms. The van der Waals surface area contributed by atoms with Crippen LogP contribution in [-0.2, 0) is 5.75 Å². The number of carbonyl (C=O) groups excluding carboxylic acids is 1. The average molecular weight is 447 g/mol. The van der Waals surface area contributed by atoms with Gasteiger partial charge in [-0.15, -0.1) is 11.8 Å². The Morgan fingerprint density at radius 3 is 2.56 bits per heavy atom. The van der Waals surface area contributed by atoms with E-state index in [1.54, 1.807) is 36.7 Å². The predicted molar refractivity (Wildman–Crippen MR) is 123 cm³/mol. The summed E-state index contributed by atoms with van der Waals surface area (Å²) in [6.45, 7) is 5.79. The molecule has 0 saturated heterocycles. The van der Waals surface area contributed by atoms with Gasteiger partial charge in [0.15, 0.2) is 0 Å². The molecule has 1 amide bonds. The number of carbonyl (C=O) groups is 1. The first kappa shape index (κ1) is 21.6. The molecule has 0 fully saturated rings. The van der Waals surface area contributed by atoms with Crippen molar-refractivity contribution in [2.75, 3.05) is 5.32 Å². The van der Waals surface area contributed by atoms with Crippen LogP contribution < -0.4 is 10.1 Å². The first-order chi connectivity index (χ1) is 15.5. The molecule has 0 spiro atoms. The highest BCUT2D eigenvalue weighted by Crippen LogP contribution is 2.28. The van der Waals surface area contributed by atoms with E-state index in [0.717, 1.165) is 22.6 Å². The quantitative estimate of drug-likeness (QED) is 0.363. The maximum atomic E-state index is 12.9. The Hall–Kier alpha value is -3.65. The van der Waals surface area contributed by atoms with Crippen molar-refractivity contribution < 1.29 is 14.1 Å². The molecule has 0 aliphatic heterocycles. The largest absolute Gasteiger partial charge is 0.439 e. The molecule has 0 bridgehead atoms. The Bertz CT molecular complexity index is 1200. The van der Waals surface area contributed by atoms with Crippen molar-refractivity contribution in [3.05, 3.63) is 89.1 Å². The first-order valence-electron chi connectivity index (χ1n) is 10.0. The van der Waals surface area contributed by atoms with Crippen LogP contribution in [0.1, 0.15) is 32.9 Å². The number of benzene rings is 1. The van der Waals surface area contributed by atoms with Gasteiger partial charge in [0, 0.05) is 23.6 Å². The molecule has 0 atom stereocenters. The van der Waals surface area contributed by atoms with E-state index in [2.05, 4.69) is 20.4 Å². The molecular formula is C24H22N4O3S. The molecule has 0 aliphatic carbocycles. The Balaban J connectivity index is 1.42. The van der Waals surface area contributed by atoms with Crippen LogP contribution in [0.5, 0.6) is 11.6 Å². The summed E-state index contributed by atoms with van der Waals surface area (Å²) in [7, 11) is 0. The minimum absolute atomic E-state index is 0.256. The number of amides is 1. The summed E-state index contributed by atoms with van der Waals surface area (Å²) in [5.41, 5.74) is 4.07. The number of ether oxygens (including phenoxy) is 1. The number of anilines is 1. The van der Waals surface area contributed by atoms with Crippen LogP contribution in [0.4, 0.5) is 5.69 Å². The molecule has 32 heavy (non-hydrogen) atoms. The number of rotatable bonds is 7. The summed E-state index contributed by atoms with van der Waals surface area (Å²) in [6, 6.07) is 14.7. The highest BCUT2D eigenvalue weighted by Gasteiger charge is 2.16. The normalized spacial score (nSPS) is 10.7. The van der Waals surface area contributed by atoms with E-state index < -0.39 is 0 Å². The standard InChI is InChI=1S/C24H22N4O3S/c1-15-6-9-19(10-7-15)30-22-11-8-18(13-26-22)27-23(29)20-5-4-12-25-24(20)32-14-21-16(2)28-31-17(21)3/h4-13H,14H2,1-3H3,(H,27,29). The molecule has 0 aliphatic rings. The second-order valence-electron chi connectivity index (χ2n) is 7.20. The molecule has 1 N–H and O–H groups in total. The zero-order valence-corrected chi connectivity index (χ0v) is 18.8. The molecule has 162 valence electrons. The second-order valence-corrected chi connectivity index (χ2v) is 8.17. The van der Waals surface area contributed by atoms with Crippen molar-refractivity contribution >= 4 is 23.4 Å². The van der Waals surface area contributed by atoms with Crippen molar-refractivity contribution in [1.29, 1.82) is 0 Å². The fourth-order valence-electron chi connectivity index (χ4n) is 2.97. The highest BCUT2D eigenvalue weighted by atomic mass is 32.2. The van der Waals surface area contributed by atoms with Gasteiger partial charge in [0.1, 0.15) is 16.5 Å². The van der Waals surface area contributed by atoms with Crippen LogP contribution in [0.3, 0.4) is 0 Å². The molecule has 0 radical (unpaired) electrons. The SMILES string of the molecule is Cc1ccc(Oc2ccc(NC(=O)c3cccnc3SCc3c(C)noc3C)cn2)cc1. The van der Waals surface area contributed by atoms with Gasteiger partial charge in [-0.25, -0.2) is 9.97 Å². The summed E-state index contributed by atoms with van der Waals surface area (Å²) >= 11 is 1.47. The van der Waals surface area contributed by atoms with Gasteiger partial charge < -0.3 is 14.6 Å². The average Bonchev–Trinajstić information content (AvgIpc) is 3.12. The highest BCUT2D eigenvalue weighted by molar-refractivity contribution is 7.98. The number of hydrogen-bond acceptors (Lipinski definition) is 7. The topological polar surface area (TPSA) is 90.1 Å². The molecule has 3 heterocycles. The lowest BCUT2D eigenvalue weighted by atomic mass is 10.2. The summed E-state index contributed by atoms with van der Waals surface area (Å²) in [6.07, 6.45) is 3.24. The molecular weight excluding hydrogens is 424 g/mol. The van der Waals surface area contributed by atoms with Gasteiger partial charge in [-0.3, -0.25) is 4.79 Å². The van der Waals surface area contributed by atoms with Crippen LogP contribution in [0.2, 0.25) is 0 Å². The van der Waals surface area contributed by atoms with Crippen molar-refractivity contribution in [1.82, 2.24) is 15.1 Å². The van der Waals surface area contributed by atoms with Crippen molar-refractivity contribution in [2.45, 2.75) is 31.6 Å². The fraction of sp³-hybridized carbons (Fsp3) is 0.167. The maximum absolute atomic E-state index is 12.9. The van der Waals surface area contributed by atoms with Gasteiger partial charge in [0.25, 0.3) is 5.91 Å². The minimum atomic E-state index is -0.256. The number of hydrogen-bond donors (Lipinski definition) is 1. The molecule has 3 aromatic heterocycles. The molecule has 4 rings (SSSR count). The number of pyridine rings is 2. The molecule has 0 saturated carbocycles. The zero-order chi connectivity index (χ0) is 22.5. The Kier molecular flexibility index (Phi) is 6.51. The Morgan fingerprint density at radius 1 is 1.06 bits per heavy atom. The van der Waals surface area contributed by atoms with Crippen molar-refractivity contribution in [3.63, 3.8) is 0 Å². The second kappa shape index (κ2) is 9.65. The third-order valence-electron chi connectivity index (χ3n) is 4.79. The monoisotopic (exact) mass is 446 g/mol. The van der Waals surface area contributed by atoms with Gasteiger partial charge in [0.2, 0.25) is 5.88 Å². The smallest absolute Gasteiger partial charge is 0.258 e. The molecule has 1 aromatic carbocycles. The van der Waals surface area contributed by atoms with Gasteiger partial charge in [-0.05, 0) is 51.1 Å². The number of nitrogens with one attached hydrogen (secondary N) is 1. The first-order valence-corrected chi connectivity index (χ1v) is 11.0. The van der Waals surface area contributed by atoms with E-state index >= 15 is 0 Å². The van der Waals surface area contributed by atoms with Crippen LogP contribution in [0.25, 0.3) is 0 Å². The van der Waals surface area contributed by atoms with Gasteiger partial charge >= 0.3 is 0 Å². The minimum Gasteiger partial charge on any atom is -0.439 e. The van der Waals surface area contributed by atoms with Crippen molar-refractivity contribution in [3.8, 4) is 11.6 Å².